The van der Waals surface area contributed by atoms with Crippen molar-refractivity contribution in [2.45, 2.75) is 26.3 Å². The van der Waals surface area contributed by atoms with Crippen LogP contribution in [0.3, 0.4) is 0 Å². The minimum atomic E-state index is -0.941. The number of halogens is 1. The molecule has 96 valence electrons. The Labute approximate surface area is 111 Å². The molecule has 1 aromatic carbocycles. The van der Waals surface area contributed by atoms with Crippen molar-refractivity contribution in [1.29, 1.82) is 5.26 Å². The zero-order chi connectivity index (χ0) is 13.9. The van der Waals surface area contributed by atoms with E-state index in [-0.39, 0.29) is 6.54 Å². The minimum Gasteiger partial charge on any atom is -0.480 e. The lowest BCUT2D eigenvalue weighted by atomic mass is 10.0. The third-order valence-electron chi connectivity index (χ3n) is 2.47. The molecule has 0 atom stereocenters. The molecule has 0 unspecified atom stereocenters. The van der Waals surface area contributed by atoms with E-state index >= 15 is 0 Å². The average molecular weight is 267 g/mol. The second kappa shape index (κ2) is 5.28. The Morgan fingerprint density at radius 2 is 2.11 bits per heavy atom. The highest BCUT2D eigenvalue weighted by Crippen LogP contribution is 2.29. The van der Waals surface area contributed by atoms with Gasteiger partial charge in [0.05, 0.1) is 11.3 Å². The molecule has 0 bridgehead atoms. The van der Waals surface area contributed by atoms with E-state index in [1.165, 1.54) is 6.07 Å². The first-order chi connectivity index (χ1) is 8.25. The van der Waals surface area contributed by atoms with Crippen molar-refractivity contribution in [2.75, 3.05) is 11.4 Å². The van der Waals surface area contributed by atoms with Crippen LogP contribution >= 0.6 is 11.6 Å². The normalized spacial score (nSPS) is 10.8. The van der Waals surface area contributed by atoms with E-state index in [0.29, 0.717) is 16.3 Å². The number of hydrogen-bond donors (Lipinski definition) is 1. The maximum atomic E-state index is 10.9. The summed E-state index contributed by atoms with van der Waals surface area (Å²) in [6, 6.07) is 6.91. The van der Waals surface area contributed by atoms with Crippen molar-refractivity contribution < 1.29 is 9.90 Å². The molecule has 5 heteroatoms. The van der Waals surface area contributed by atoms with E-state index in [1.807, 2.05) is 26.8 Å². The monoisotopic (exact) mass is 266 g/mol. The number of anilines is 1. The zero-order valence-electron chi connectivity index (χ0n) is 10.6. The van der Waals surface area contributed by atoms with E-state index < -0.39 is 11.5 Å². The fourth-order valence-corrected chi connectivity index (χ4v) is 1.82. The van der Waals surface area contributed by atoms with Crippen LogP contribution in [0.15, 0.2) is 18.2 Å². The molecule has 0 saturated carbocycles. The molecule has 0 fully saturated rings. The van der Waals surface area contributed by atoms with Crippen molar-refractivity contribution in [3.8, 4) is 6.07 Å². The first-order valence-corrected chi connectivity index (χ1v) is 5.82. The van der Waals surface area contributed by atoms with Crippen molar-refractivity contribution in [3.63, 3.8) is 0 Å². The Kier molecular flexibility index (Phi) is 4.20. The summed E-state index contributed by atoms with van der Waals surface area (Å²) in [4.78, 5) is 12.6. The van der Waals surface area contributed by atoms with Gasteiger partial charge in [-0.05, 0) is 39.0 Å². The van der Waals surface area contributed by atoms with E-state index in [9.17, 15) is 4.79 Å². The number of nitrogens with zero attached hydrogens (tertiary/aromatic N) is 2. The fourth-order valence-electron chi connectivity index (χ4n) is 1.65. The van der Waals surface area contributed by atoms with Gasteiger partial charge >= 0.3 is 5.97 Å². The van der Waals surface area contributed by atoms with Crippen molar-refractivity contribution in [1.82, 2.24) is 0 Å². The van der Waals surface area contributed by atoms with Crippen LogP contribution in [-0.4, -0.2) is 23.2 Å². The molecular weight excluding hydrogens is 252 g/mol. The topological polar surface area (TPSA) is 64.3 Å². The minimum absolute atomic E-state index is 0.167. The van der Waals surface area contributed by atoms with E-state index in [0.717, 1.165) is 0 Å². The van der Waals surface area contributed by atoms with Crippen molar-refractivity contribution >= 4 is 23.3 Å². The van der Waals surface area contributed by atoms with Gasteiger partial charge in [-0.2, -0.15) is 5.26 Å². The molecule has 0 amide bonds. The van der Waals surface area contributed by atoms with Gasteiger partial charge in [0.25, 0.3) is 0 Å². The molecule has 1 rings (SSSR count). The third-order valence-corrected chi connectivity index (χ3v) is 2.71. The maximum absolute atomic E-state index is 10.9. The summed E-state index contributed by atoms with van der Waals surface area (Å²) in [6.45, 7) is 5.52. The van der Waals surface area contributed by atoms with Crippen LogP contribution in [-0.2, 0) is 4.79 Å². The molecule has 0 spiro atoms. The predicted molar refractivity (Wildman–Crippen MR) is 70.9 cm³/mol. The van der Waals surface area contributed by atoms with Gasteiger partial charge < -0.3 is 10.0 Å². The lowest BCUT2D eigenvalue weighted by molar-refractivity contribution is -0.135. The fraction of sp³-hybridized carbons (Fsp3) is 0.385. The summed E-state index contributed by atoms with van der Waals surface area (Å²) in [6.07, 6.45) is 0. The summed E-state index contributed by atoms with van der Waals surface area (Å²) in [5.74, 6) is -0.941. The van der Waals surface area contributed by atoms with Crippen LogP contribution in [0.1, 0.15) is 26.3 Å². The summed E-state index contributed by atoms with van der Waals surface area (Å²) < 4.78 is 0. The Morgan fingerprint density at radius 3 is 2.56 bits per heavy atom. The number of carboxylic acids is 1. The second-order valence-electron chi connectivity index (χ2n) is 4.92. The molecule has 0 heterocycles. The second-order valence-corrected chi connectivity index (χ2v) is 5.36. The van der Waals surface area contributed by atoms with Crippen molar-refractivity contribution in [2.24, 2.45) is 0 Å². The molecule has 4 nitrogen and oxygen atoms in total. The molecule has 0 aliphatic heterocycles. The van der Waals surface area contributed by atoms with Gasteiger partial charge in [-0.1, -0.05) is 11.6 Å². The van der Waals surface area contributed by atoms with Crippen LogP contribution in [0.25, 0.3) is 0 Å². The van der Waals surface area contributed by atoms with Gasteiger partial charge in [0.2, 0.25) is 0 Å². The Hall–Kier alpha value is -1.73. The number of benzene rings is 1. The highest BCUT2D eigenvalue weighted by atomic mass is 35.5. The molecule has 0 aliphatic carbocycles. The van der Waals surface area contributed by atoms with E-state index in [1.54, 1.807) is 17.0 Å². The number of rotatable bonds is 3. The summed E-state index contributed by atoms with van der Waals surface area (Å²) >= 11 is 5.83. The van der Waals surface area contributed by atoms with E-state index in [2.05, 4.69) is 0 Å². The first-order valence-electron chi connectivity index (χ1n) is 5.45. The van der Waals surface area contributed by atoms with Gasteiger partial charge in [0.15, 0.2) is 0 Å². The molecule has 1 N–H and O–H groups in total. The van der Waals surface area contributed by atoms with Gasteiger partial charge in [-0.25, -0.2) is 0 Å². The lowest BCUT2D eigenvalue weighted by Gasteiger charge is -2.37. The lowest BCUT2D eigenvalue weighted by Crippen LogP contribution is -2.45. The predicted octanol–water partition coefficient (Wildman–Crippen LogP) is 2.90. The van der Waals surface area contributed by atoms with Crippen LogP contribution in [0.2, 0.25) is 5.02 Å². The average Bonchev–Trinajstić information content (AvgIpc) is 2.24. The number of aliphatic carboxylic acids is 1. The van der Waals surface area contributed by atoms with Gasteiger partial charge in [0.1, 0.15) is 12.6 Å². The molecule has 0 radical (unpaired) electrons. The number of hydrogen-bond acceptors (Lipinski definition) is 3. The first kappa shape index (κ1) is 14.3. The van der Waals surface area contributed by atoms with Crippen LogP contribution in [0.5, 0.6) is 0 Å². The quantitative estimate of drug-likeness (QED) is 0.914. The molecule has 1 aromatic rings. The molecule has 18 heavy (non-hydrogen) atoms. The Balaban J connectivity index is 3.30. The van der Waals surface area contributed by atoms with Gasteiger partial charge in [-0.3, -0.25) is 4.79 Å². The molecule has 0 aliphatic rings. The number of carbonyl (C=O) groups is 1. The molecule has 0 aromatic heterocycles. The molecular formula is C13H15ClN2O2. The SMILES string of the molecule is CC(C)(C)N(CC(=O)O)c1ccc(Cl)cc1C#N. The molecule has 0 saturated heterocycles. The van der Waals surface area contributed by atoms with E-state index in [4.69, 9.17) is 22.0 Å². The summed E-state index contributed by atoms with van der Waals surface area (Å²) in [5, 5.41) is 18.5. The highest BCUT2D eigenvalue weighted by Gasteiger charge is 2.26. The van der Waals surface area contributed by atoms with Crippen LogP contribution in [0, 0.1) is 11.3 Å². The largest absolute Gasteiger partial charge is 0.480 e. The Bertz CT molecular complexity index is 501. The number of carboxylic acid groups (broad SMARTS) is 1. The summed E-state index contributed by atoms with van der Waals surface area (Å²) in [5.41, 5.74) is 0.549. The van der Waals surface area contributed by atoms with Crippen molar-refractivity contribution in [3.05, 3.63) is 28.8 Å². The summed E-state index contributed by atoms with van der Waals surface area (Å²) in [7, 11) is 0. The van der Waals surface area contributed by atoms with Crippen LogP contribution in [0.4, 0.5) is 5.69 Å². The highest BCUT2D eigenvalue weighted by molar-refractivity contribution is 6.30. The van der Waals surface area contributed by atoms with Gasteiger partial charge in [0, 0.05) is 10.6 Å². The maximum Gasteiger partial charge on any atom is 0.323 e. The number of nitriles is 1. The Morgan fingerprint density at radius 1 is 1.50 bits per heavy atom. The zero-order valence-corrected chi connectivity index (χ0v) is 11.3. The van der Waals surface area contributed by atoms with Crippen LogP contribution < -0.4 is 4.90 Å². The van der Waals surface area contributed by atoms with Gasteiger partial charge in [-0.15, -0.1) is 0 Å². The standard InChI is InChI=1S/C13H15ClN2O2/c1-13(2,3)16(8-12(17)18)11-5-4-10(14)6-9(11)7-15/h4-6H,8H2,1-3H3,(H,17,18). The third kappa shape index (κ3) is 3.38. The smallest absolute Gasteiger partial charge is 0.323 e.